The zero-order valence-corrected chi connectivity index (χ0v) is 33.7. The first kappa shape index (κ1) is 35.2. The molecule has 294 valence electrons. The first-order valence-corrected chi connectivity index (χ1v) is 21.1. The van der Waals surface area contributed by atoms with Crippen molar-refractivity contribution in [2.24, 2.45) is 0 Å². The topological polar surface area (TPSA) is 69.9 Å². The number of hydrogen-bond acceptors (Lipinski definition) is 5. The summed E-state index contributed by atoms with van der Waals surface area (Å²) < 4.78 is 15.6. The molecule has 0 unspecified atom stereocenters. The summed E-state index contributed by atoms with van der Waals surface area (Å²) in [5.41, 5.74) is 13.4. The Kier molecular flexibility index (Phi) is 7.80. The van der Waals surface area contributed by atoms with Crippen LogP contribution in [0.15, 0.2) is 215 Å². The van der Waals surface area contributed by atoms with Gasteiger partial charge in [0, 0.05) is 60.1 Å². The molecule has 9 aromatic carbocycles. The molecule has 4 heterocycles. The van der Waals surface area contributed by atoms with Gasteiger partial charge in [0.25, 0.3) is 0 Å². The molecule has 6 heteroatoms. The summed E-state index contributed by atoms with van der Waals surface area (Å²) in [5, 5.41) is 6.55. The van der Waals surface area contributed by atoms with E-state index in [4.69, 9.17) is 23.8 Å². The van der Waals surface area contributed by atoms with E-state index in [2.05, 4.69) is 193 Å². The Morgan fingerprint density at radius 2 is 0.762 bits per heavy atom. The van der Waals surface area contributed by atoms with Crippen LogP contribution in [-0.2, 0) is 0 Å². The summed E-state index contributed by atoms with van der Waals surface area (Å²) in [6.45, 7) is 0. The van der Waals surface area contributed by atoms with Crippen molar-refractivity contribution in [3.05, 3.63) is 206 Å². The predicted molar refractivity (Wildman–Crippen MR) is 256 cm³/mol. The number of furan rings is 2. The molecular weight excluding hydrogens is 773 g/mol. The normalized spacial score (nSPS) is 11.8. The maximum absolute atomic E-state index is 6.97. The van der Waals surface area contributed by atoms with Gasteiger partial charge >= 0.3 is 0 Å². The van der Waals surface area contributed by atoms with E-state index in [1.54, 1.807) is 0 Å². The molecule has 6 nitrogen and oxygen atoms in total. The van der Waals surface area contributed by atoms with Crippen molar-refractivity contribution in [3.63, 3.8) is 0 Å². The third kappa shape index (κ3) is 5.62. The highest BCUT2D eigenvalue weighted by Crippen LogP contribution is 2.43. The molecule has 0 N–H and O–H groups in total. The number of rotatable bonds is 6. The van der Waals surface area contributed by atoms with E-state index in [0.717, 1.165) is 110 Å². The van der Waals surface area contributed by atoms with Crippen molar-refractivity contribution in [3.8, 4) is 62.1 Å². The summed E-state index contributed by atoms with van der Waals surface area (Å²) in [5.74, 6) is 1.72. The van der Waals surface area contributed by atoms with Crippen LogP contribution in [0.3, 0.4) is 0 Å². The van der Waals surface area contributed by atoms with Gasteiger partial charge in [0.15, 0.2) is 11.6 Å². The Labute approximate surface area is 361 Å². The van der Waals surface area contributed by atoms with E-state index < -0.39 is 0 Å². The smallest absolute Gasteiger partial charge is 0.238 e. The van der Waals surface area contributed by atoms with Crippen molar-refractivity contribution in [2.45, 2.75) is 0 Å². The Morgan fingerprint density at radius 1 is 0.302 bits per heavy atom. The minimum atomic E-state index is 0.552. The van der Waals surface area contributed by atoms with Crippen LogP contribution in [-0.4, -0.2) is 19.5 Å². The highest BCUT2D eigenvalue weighted by molar-refractivity contribution is 6.16. The monoisotopic (exact) mass is 806 g/mol. The summed E-state index contributed by atoms with van der Waals surface area (Å²) in [4.78, 5) is 15.7. The van der Waals surface area contributed by atoms with Crippen LogP contribution in [0.25, 0.3) is 128 Å². The molecule has 63 heavy (non-hydrogen) atoms. The van der Waals surface area contributed by atoms with Gasteiger partial charge in [-0.2, -0.15) is 9.97 Å². The van der Waals surface area contributed by atoms with Crippen molar-refractivity contribution < 1.29 is 8.83 Å². The van der Waals surface area contributed by atoms with Gasteiger partial charge in [-0.3, -0.25) is 4.57 Å². The molecule has 0 aliphatic rings. The van der Waals surface area contributed by atoms with Gasteiger partial charge in [-0.05, 0) is 41.0 Å². The van der Waals surface area contributed by atoms with Gasteiger partial charge < -0.3 is 8.83 Å². The molecule has 0 aliphatic heterocycles. The number of nitrogens with zero attached hydrogens (tertiary/aromatic N) is 4. The first-order chi connectivity index (χ1) is 31.2. The van der Waals surface area contributed by atoms with Crippen molar-refractivity contribution in [1.82, 2.24) is 19.5 Å². The second kappa shape index (κ2) is 14.0. The lowest BCUT2D eigenvalue weighted by Gasteiger charge is -2.12. The van der Waals surface area contributed by atoms with Gasteiger partial charge in [-0.15, -0.1) is 0 Å². The van der Waals surface area contributed by atoms with E-state index in [1.807, 2.05) is 18.2 Å². The summed E-state index contributed by atoms with van der Waals surface area (Å²) in [6.07, 6.45) is 0. The summed E-state index contributed by atoms with van der Waals surface area (Å²) in [6, 6.07) is 71.4. The van der Waals surface area contributed by atoms with Gasteiger partial charge in [0.05, 0.1) is 11.0 Å². The maximum atomic E-state index is 6.97. The summed E-state index contributed by atoms with van der Waals surface area (Å²) in [7, 11) is 0. The van der Waals surface area contributed by atoms with Crippen molar-refractivity contribution in [1.29, 1.82) is 0 Å². The molecule has 13 rings (SSSR count). The molecule has 0 bridgehead atoms. The molecule has 0 radical (unpaired) electrons. The van der Waals surface area contributed by atoms with Crippen molar-refractivity contribution >= 4 is 65.7 Å². The number of para-hydroxylation sites is 6. The van der Waals surface area contributed by atoms with E-state index in [1.165, 1.54) is 0 Å². The SMILES string of the molecule is c1ccc(-c2ccc(-c3nc(-c4cccc(-c5cccc6c5oc5c(-c7cccc8c7oc7ccccc78)cccc56)c4)nc(-n4c5ccccc5c5ccccc54)n3)cc2)cc1. The van der Waals surface area contributed by atoms with E-state index in [-0.39, 0.29) is 0 Å². The Morgan fingerprint density at radius 3 is 1.46 bits per heavy atom. The number of aromatic nitrogens is 4. The Balaban J connectivity index is 0.974. The third-order valence-electron chi connectivity index (χ3n) is 12.3. The maximum Gasteiger partial charge on any atom is 0.238 e. The highest BCUT2D eigenvalue weighted by Gasteiger charge is 2.21. The largest absolute Gasteiger partial charge is 0.455 e. The molecule has 0 amide bonds. The predicted octanol–water partition coefficient (Wildman–Crippen LogP) is 15.1. The Hall–Kier alpha value is -8.61. The molecule has 0 spiro atoms. The van der Waals surface area contributed by atoms with Crippen LogP contribution in [0.4, 0.5) is 0 Å². The lowest BCUT2D eigenvalue weighted by Crippen LogP contribution is -2.06. The van der Waals surface area contributed by atoms with Crippen molar-refractivity contribution in [2.75, 3.05) is 0 Å². The van der Waals surface area contributed by atoms with Crippen LogP contribution < -0.4 is 0 Å². The van der Waals surface area contributed by atoms with E-state index >= 15 is 0 Å². The van der Waals surface area contributed by atoms with E-state index in [0.29, 0.717) is 17.6 Å². The number of fused-ring (bicyclic) bond motifs is 9. The average Bonchev–Trinajstić information content (AvgIpc) is 4.04. The van der Waals surface area contributed by atoms with Crippen LogP contribution in [0.5, 0.6) is 0 Å². The van der Waals surface area contributed by atoms with Gasteiger partial charge in [-0.1, -0.05) is 182 Å². The molecule has 0 aliphatic carbocycles. The standard InChI is InChI=1S/C57H34N4O2/c1-2-14-35(15-3-1)36-30-32-37(33-31-36)55-58-56(60-57(59-55)61-49-27-7-4-18-41(49)42-19-5-8-28-50(42)61)39-17-10-16-38(34-39)40-21-11-23-45-47-25-13-26-48(54(47)63-52(40)45)46-24-12-22-44-43-20-6-9-29-51(43)62-53(44)46/h1-34H. The van der Waals surface area contributed by atoms with E-state index in [9.17, 15) is 0 Å². The van der Waals surface area contributed by atoms with Gasteiger partial charge in [0.2, 0.25) is 5.95 Å². The van der Waals surface area contributed by atoms with Crippen LogP contribution in [0, 0.1) is 0 Å². The fourth-order valence-electron chi connectivity index (χ4n) is 9.35. The van der Waals surface area contributed by atoms with Crippen LogP contribution in [0.2, 0.25) is 0 Å². The van der Waals surface area contributed by atoms with Gasteiger partial charge in [0.1, 0.15) is 22.3 Å². The zero-order valence-electron chi connectivity index (χ0n) is 33.7. The lowest BCUT2D eigenvalue weighted by molar-refractivity contribution is 0.665. The number of benzene rings is 9. The zero-order chi connectivity index (χ0) is 41.4. The van der Waals surface area contributed by atoms with Gasteiger partial charge in [-0.25, -0.2) is 4.98 Å². The second-order valence-electron chi connectivity index (χ2n) is 15.9. The fourth-order valence-corrected chi connectivity index (χ4v) is 9.35. The molecule has 13 aromatic rings. The molecule has 4 aromatic heterocycles. The molecule has 0 saturated carbocycles. The minimum absolute atomic E-state index is 0.552. The lowest BCUT2D eigenvalue weighted by atomic mass is 9.98. The molecule has 0 atom stereocenters. The summed E-state index contributed by atoms with van der Waals surface area (Å²) >= 11 is 0. The number of hydrogen-bond donors (Lipinski definition) is 0. The Bertz CT molecular complexity index is 3860. The molecular formula is C57H34N4O2. The van der Waals surface area contributed by atoms with Crippen LogP contribution >= 0.6 is 0 Å². The average molecular weight is 807 g/mol. The second-order valence-corrected chi connectivity index (χ2v) is 15.9. The first-order valence-electron chi connectivity index (χ1n) is 21.1. The third-order valence-corrected chi connectivity index (χ3v) is 12.3. The quantitative estimate of drug-likeness (QED) is 0.167. The minimum Gasteiger partial charge on any atom is -0.455 e. The highest BCUT2D eigenvalue weighted by atomic mass is 16.3. The molecule has 0 fully saturated rings. The fraction of sp³-hybridized carbons (Fsp3) is 0. The van der Waals surface area contributed by atoms with Crippen LogP contribution in [0.1, 0.15) is 0 Å². The molecule has 0 saturated heterocycles.